The summed E-state index contributed by atoms with van der Waals surface area (Å²) < 4.78 is 0.588. The maximum atomic E-state index is 12.0. The van der Waals surface area contributed by atoms with Crippen LogP contribution >= 0.6 is 22.6 Å². The fourth-order valence-electron chi connectivity index (χ4n) is 1.84. The quantitative estimate of drug-likeness (QED) is 0.483. The summed E-state index contributed by atoms with van der Waals surface area (Å²) in [6, 6.07) is 4.40. The molecule has 1 fully saturated rings. The lowest BCUT2D eigenvalue weighted by Gasteiger charge is -2.12. The molecule has 0 saturated carbocycles. The van der Waals surface area contributed by atoms with E-state index >= 15 is 0 Å². The number of nitrogens with one attached hydrogen (secondary N) is 2. The van der Waals surface area contributed by atoms with Crippen LogP contribution in [0.15, 0.2) is 18.2 Å². The van der Waals surface area contributed by atoms with Gasteiger partial charge in [0.25, 0.3) is 11.6 Å². The van der Waals surface area contributed by atoms with Crippen molar-refractivity contribution in [3.8, 4) is 0 Å². The summed E-state index contributed by atoms with van der Waals surface area (Å²) in [5.74, 6) is -0.178. The fraction of sp³-hybridized carbons (Fsp3) is 0.364. The Bertz CT molecular complexity index is 486. The van der Waals surface area contributed by atoms with Gasteiger partial charge in [-0.1, -0.05) is 0 Å². The van der Waals surface area contributed by atoms with Crippen molar-refractivity contribution in [2.45, 2.75) is 12.5 Å². The number of non-ortho nitro benzene ring substituents is 1. The average Bonchev–Trinajstić information content (AvgIpc) is 2.81. The van der Waals surface area contributed by atoms with Crippen molar-refractivity contribution in [1.29, 1.82) is 0 Å². The van der Waals surface area contributed by atoms with Gasteiger partial charge in [-0.2, -0.15) is 0 Å². The van der Waals surface area contributed by atoms with Gasteiger partial charge in [0.05, 0.1) is 10.5 Å². The van der Waals surface area contributed by atoms with E-state index in [4.69, 9.17) is 0 Å². The number of nitrogens with zero attached hydrogens (tertiary/aromatic N) is 1. The third kappa shape index (κ3) is 2.96. The summed E-state index contributed by atoms with van der Waals surface area (Å²) in [6.45, 7) is 1.68. The van der Waals surface area contributed by atoms with E-state index in [1.807, 2.05) is 22.6 Å². The van der Waals surface area contributed by atoms with Crippen LogP contribution in [0.3, 0.4) is 0 Å². The molecule has 1 aliphatic heterocycles. The van der Waals surface area contributed by atoms with Crippen molar-refractivity contribution in [1.82, 2.24) is 10.6 Å². The number of nitro groups is 1. The molecule has 0 radical (unpaired) electrons. The Morgan fingerprint density at radius 3 is 2.89 bits per heavy atom. The van der Waals surface area contributed by atoms with Gasteiger partial charge in [-0.3, -0.25) is 14.9 Å². The first-order chi connectivity index (χ1) is 8.58. The lowest BCUT2D eigenvalue weighted by molar-refractivity contribution is -0.384. The van der Waals surface area contributed by atoms with Gasteiger partial charge >= 0.3 is 0 Å². The normalized spacial score (nSPS) is 18.6. The summed E-state index contributed by atoms with van der Waals surface area (Å²) >= 11 is 1.94. The Morgan fingerprint density at radius 1 is 1.56 bits per heavy atom. The molecule has 1 aliphatic rings. The standard InChI is InChI=1S/C11H12IN3O3/c12-10-5-8(15(17)18)1-2-9(10)11(16)14-7-3-4-13-6-7/h1-2,5,7,13H,3-4,6H2,(H,14,16). The number of hydrogen-bond donors (Lipinski definition) is 2. The number of nitro benzene ring substituents is 1. The summed E-state index contributed by atoms with van der Waals surface area (Å²) in [6.07, 6.45) is 0.912. The maximum Gasteiger partial charge on any atom is 0.270 e. The van der Waals surface area contributed by atoms with Gasteiger partial charge in [-0.05, 0) is 41.6 Å². The van der Waals surface area contributed by atoms with E-state index in [2.05, 4.69) is 10.6 Å². The van der Waals surface area contributed by atoms with Crippen molar-refractivity contribution >= 4 is 34.2 Å². The van der Waals surface area contributed by atoms with Gasteiger partial charge in [0, 0.05) is 28.3 Å². The van der Waals surface area contributed by atoms with Crippen LogP contribution in [0.2, 0.25) is 0 Å². The molecule has 2 rings (SSSR count). The molecular weight excluding hydrogens is 349 g/mol. The van der Waals surface area contributed by atoms with Crippen LogP contribution in [0.25, 0.3) is 0 Å². The third-order valence-corrected chi connectivity index (χ3v) is 3.70. The van der Waals surface area contributed by atoms with E-state index in [0.717, 1.165) is 19.5 Å². The molecule has 96 valence electrons. The molecular formula is C11H12IN3O3. The molecule has 1 amide bonds. The SMILES string of the molecule is O=C(NC1CCNC1)c1ccc([N+](=O)[O-])cc1I. The van der Waals surface area contributed by atoms with Crippen LogP contribution in [-0.2, 0) is 0 Å². The molecule has 0 bridgehead atoms. The van der Waals surface area contributed by atoms with E-state index in [-0.39, 0.29) is 17.6 Å². The molecule has 18 heavy (non-hydrogen) atoms. The fourth-order valence-corrected chi connectivity index (χ4v) is 2.59. The van der Waals surface area contributed by atoms with E-state index in [9.17, 15) is 14.9 Å². The van der Waals surface area contributed by atoms with Crippen molar-refractivity contribution in [2.75, 3.05) is 13.1 Å². The summed E-state index contributed by atoms with van der Waals surface area (Å²) in [5, 5.41) is 16.7. The Balaban J connectivity index is 2.12. The van der Waals surface area contributed by atoms with Crippen LogP contribution in [0.4, 0.5) is 5.69 Å². The first-order valence-electron chi connectivity index (χ1n) is 5.53. The van der Waals surface area contributed by atoms with Crippen LogP contribution in [0.1, 0.15) is 16.8 Å². The zero-order chi connectivity index (χ0) is 13.1. The summed E-state index contributed by atoms with van der Waals surface area (Å²) in [7, 11) is 0. The molecule has 0 aromatic heterocycles. The number of benzene rings is 1. The molecule has 1 aromatic rings. The topological polar surface area (TPSA) is 84.3 Å². The molecule has 0 spiro atoms. The van der Waals surface area contributed by atoms with Gasteiger partial charge in [-0.25, -0.2) is 0 Å². The number of carbonyl (C=O) groups excluding carboxylic acids is 1. The molecule has 2 N–H and O–H groups in total. The molecule has 1 aromatic carbocycles. The van der Waals surface area contributed by atoms with Gasteiger partial charge in [0.2, 0.25) is 0 Å². The maximum absolute atomic E-state index is 12.0. The summed E-state index contributed by atoms with van der Waals surface area (Å²) in [5.41, 5.74) is 0.478. The second kappa shape index (κ2) is 5.61. The lowest BCUT2D eigenvalue weighted by Crippen LogP contribution is -2.36. The van der Waals surface area contributed by atoms with E-state index in [0.29, 0.717) is 9.13 Å². The molecule has 1 saturated heterocycles. The number of halogens is 1. The minimum atomic E-state index is -0.468. The smallest absolute Gasteiger partial charge is 0.270 e. The van der Waals surface area contributed by atoms with Gasteiger partial charge in [0.15, 0.2) is 0 Å². The van der Waals surface area contributed by atoms with Crippen LogP contribution in [0, 0.1) is 13.7 Å². The van der Waals surface area contributed by atoms with E-state index in [1.165, 1.54) is 18.2 Å². The van der Waals surface area contributed by atoms with Crippen molar-refractivity contribution in [2.24, 2.45) is 0 Å². The lowest BCUT2D eigenvalue weighted by atomic mass is 10.1. The Morgan fingerprint density at radius 2 is 2.33 bits per heavy atom. The zero-order valence-electron chi connectivity index (χ0n) is 9.48. The highest BCUT2D eigenvalue weighted by Crippen LogP contribution is 2.19. The van der Waals surface area contributed by atoms with Gasteiger partial charge in [-0.15, -0.1) is 0 Å². The van der Waals surface area contributed by atoms with Crippen LogP contribution in [-0.4, -0.2) is 30.0 Å². The zero-order valence-corrected chi connectivity index (χ0v) is 11.6. The number of rotatable bonds is 3. The van der Waals surface area contributed by atoms with E-state index in [1.54, 1.807) is 0 Å². The second-order valence-corrected chi connectivity index (χ2v) is 5.25. The van der Waals surface area contributed by atoms with Crippen molar-refractivity contribution in [3.63, 3.8) is 0 Å². The number of hydrogen-bond acceptors (Lipinski definition) is 4. The molecule has 1 atom stereocenters. The second-order valence-electron chi connectivity index (χ2n) is 4.08. The van der Waals surface area contributed by atoms with Crippen molar-refractivity contribution < 1.29 is 9.72 Å². The Hall–Kier alpha value is -1.22. The molecule has 0 aliphatic carbocycles. The van der Waals surface area contributed by atoms with Crippen LogP contribution < -0.4 is 10.6 Å². The highest BCUT2D eigenvalue weighted by Gasteiger charge is 2.20. The molecule has 6 nitrogen and oxygen atoms in total. The largest absolute Gasteiger partial charge is 0.348 e. The Kier molecular flexibility index (Phi) is 4.12. The molecule has 1 unspecified atom stereocenters. The number of carbonyl (C=O) groups is 1. The number of amides is 1. The van der Waals surface area contributed by atoms with Gasteiger partial charge < -0.3 is 10.6 Å². The first-order valence-corrected chi connectivity index (χ1v) is 6.61. The molecule has 7 heteroatoms. The van der Waals surface area contributed by atoms with Gasteiger partial charge in [0.1, 0.15) is 0 Å². The van der Waals surface area contributed by atoms with Crippen LogP contribution in [0.5, 0.6) is 0 Å². The highest BCUT2D eigenvalue weighted by molar-refractivity contribution is 14.1. The Labute approximate surface area is 117 Å². The average molecular weight is 361 g/mol. The summed E-state index contributed by atoms with van der Waals surface area (Å²) in [4.78, 5) is 22.1. The monoisotopic (exact) mass is 361 g/mol. The highest BCUT2D eigenvalue weighted by atomic mass is 127. The predicted molar refractivity (Wildman–Crippen MR) is 74.6 cm³/mol. The first kappa shape index (κ1) is 13.2. The van der Waals surface area contributed by atoms with E-state index < -0.39 is 4.92 Å². The minimum Gasteiger partial charge on any atom is -0.348 e. The predicted octanol–water partition coefficient (Wildman–Crippen LogP) is 1.29. The third-order valence-electron chi connectivity index (χ3n) is 2.80. The minimum absolute atomic E-state index is 0.00140. The molecule has 1 heterocycles. The van der Waals surface area contributed by atoms with Crippen molar-refractivity contribution in [3.05, 3.63) is 37.4 Å².